The fourth-order valence-corrected chi connectivity index (χ4v) is 2.37. The van der Waals surface area contributed by atoms with Gasteiger partial charge in [0.2, 0.25) is 0 Å². The molecule has 0 saturated carbocycles. The molecule has 0 fully saturated rings. The van der Waals surface area contributed by atoms with Crippen molar-refractivity contribution >= 4 is 10.8 Å². The Morgan fingerprint density at radius 3 is 2.81 bits per heavy atom. The first kappa shape index (κ1) is 13.2. The van der Waals surface area contributed by atoms with E-state index in [1.807, 2.05) is 26.0 Å². The second-order valence-corrected chi connectivity index (χ2v) is 5.63. The van der Waals surface area contributed by atoms with Crippen molar-refractivity contribution < 1.29 is 9.32 Å². The third kappa shape index (κ3) is 4.33. The van der Waals surface area contributed by atoms with Crippen molar-refractivity contribution in [2.45, 2.75) is 26.4 Å². The Labute approximate surface area is 99.3 Å². The van der Waals surface area contributed by atoms with Crippen LogP contribution in [0.4, 0.5) is 0 Å². The average Bonchev–Trinajstić information content (AvgIpc) is 2.18. The van der Waals surface area contributed by atoms with E-state index in [0.717, 1.165) is 11.1 Å². The Kier molecular flexibility index (Phi) is 4.96. The number of nitrogens with one attached hydrogen (secondary N) is 1. The first-order valence-corrected chi connectivity index (χ1v) is 7.03. The molecule has 2 N–H and O–H groups in total. The zero-order valence-electron chi connectivity index (χ0n) is 9.99. The summed E-state index contributed by atoms with van der Waals surface area (Å²) in [5.41, 5.74) is 2.01. The summed E-state index contributed by atoms with van der Waals surface area (Å²) in [6.07, 6.45) is 1.70. The van der Waals surface area contributed by atoms with E-state index in [1.54, 1.807) is 12.3 Å². The van der Waals surface area contributed by atoms with Crippen LogP contribution in [0.3, 0.4) is 0 Å². The second-order valence-electron chi connectivity index (χ2n) is 4.15. The summed E-state index contributed by atoms with van der Waals surface area (Å²) in [5.74, 6) is 0.940. The predicted molar refractivity (Wildman–Crippen MR) is 68.1 cm³/mol. The highest BCUT2D eigenvalue weighted by atomic mass is 32.2. The van der Waals surface area contributed by atoms with Gasteiger partial charge in [-0.05, 0) is 19.9 Å². The lowest BCUT2D eigenvalue weighted by Crippen LogP contribution is -2.30. The first-order valence-electron chi connectivity index (χ1n) is 5.31. The standard InChI is InChI=1S/C12H19NO2S/c1-9-4-5-12(14)11(6-9)7-13-10(2)8-16(3)15/h4-6,10,13-14H,7-8H2,1-3H3. The quantitative estimate of drug-likeness (QED) is 0.822. The van der Waals surface area contributed by atoms with Gasteiger partial charge >= 0.3 is 0 Å². The van der Waals surface area contributed by atoms with Crippen molar-refractivity contribution in [3.05, 3.63) is 29.3 Å². The van der Waals surface area contributed by atoms with Crippen molar-refractivity contribution in [2.24, 2.45) is 0 Å². The third-order valence-electron chi connectivity index (χ3n) is 2.36. The van der Waals surface area contributed by atoms with E-state index in [4.69, 9.17) is 0 Å². The lowest BCUT2D eigenvalue weighted by molar-refractivity contribution is 0.461. The van der Waals surface area contributed by atoms with E-state index in [0.29, 0.717) is 18.0 Å². The summed E-state index contributed by atoms with van der Waals surface area (Å²) in [7, 11) is -0.788. The highest BCUT2D eigenvalue weighted by Crippen LogP contribution is 2.17. The number of hydrogen-bond donors (Lipinski definition) is 2. The summed E-state index contributed by atoms with van der Waals surface area (Å²) >= 11 is 0. The molecule has 16 heavy (non-hydrogen) atoms. The molecule has 0 spiro atoms. The molecule has 0 heterocycles. The van der Waals surface area contributed by atoms with Gasteiger partial charge in [-0.25, -0.2) is 0 Å². The maximum atomic E-state index is 11.0. The lowest BCUT2D eigenvalue weighted by Gasteiger charge is -2.13. The van der Waals surface area contributed by atoms with Gasteiger partial charge in [-0.15, -0.1) is 0 Å². The van der Waals surface area contributed by atoms with Gasteiger partial charge in [0.05, 0.1) is 0 Å². The number of phenolic OH excluding ortho intramolecular Hbond substituents is 1. The van der Waals surface area contributed by atoms with Gasteiger partial charge in [0.1, 0.15) is 5.75 Å². The molecule has 4 heteroatoms. The van der Waals surface area contributed by atoms with E-state index < -0.39 is 10.8 Å². The van der Waals surface area contributed by atoms with Crippen molar-refractivity contribution in [3.8, 4) is 5.75 Å². The highest BCUT2D eigenvalue weighted by molar-refractivity contribution is 7.84. The maximum absolute atomic E-state index is 11.0. The smallest absolute Gasteiger partial charge is 0.120 e. The van der Waals surface area contributed by atoms with Crippen LogP contribution >= 0.6 is 0 Å². The molecule has 0 bridgehead atoms. The molecule has 1 aromatic rings. The highest BCUT2D eigenvalue weighted by Gasteiger charge is 2.06. The average molecular weight is 241 g/mol. The Bertz CT molecular complexity index is 379. The van der Waals surface area contributed by atoms with Crippen LogP contribution in [0.25, 0.3) is 0 Å². The van der Waals surface area contributed by atoms with Crippen LogP contribution in [-0.2, 0) is 17.3 Å². The molecule has 0 aliphatic heterocycles. The van der Waals surface area contributed by atoms with E-state index in [2.05, 4.69) is 5.32 Å². The van der Waals surface area contributed by atoms with E-state index in [-0.39, 0.29) is 6.04 Å². The molecular formula is C12H19NO2S. The number of phenols is 1. The predicted octanol–water partition coefficient (Wildman–Crippen LogP) is 1.56. The van der Waals surface area contributed by atoms with Crippen LogP contribution in [0.2, 0.25) is 0 Å². The normalized spacial score (nSPS) is 14.7. The Hall–Kier alpha value is -0.870. The Morgan fingerprint density at radius 2 is 2.19 bits per heavy atom. The van der Waals surface area contributed by atoms with Gasteiger partial charge < -0.3 is 10.4 Å². The fraction of sp³-hybridized carbons (Fsp3) is 0.500. The molecule has 1 aromatic carbocycles. The van der Waals surface area contributed by atoms with Crippen LogP contribution in [-0.4, -0.2) is 27.4 Å². The van der Waals surface area contributed by atoms with E-state index in [1.165, 1.54) is 0 Å². The molecule has 1 rings (SSSR count). The molecule has 3 nitrogen and oxygen atoms in total. The second kappa shape index (κ2) is 6.01. The minimum absolute atomic E-state index is 0.186. The molecule has 0 radical (unpaired) electrons. The Balaban J connectivity index is 2.54. The van der Waals surface area contributed by atoms with Crippen molar-refractivity contribution in [3.63, 3.8) is 0 Å². The SMILES string of the molecule is Cc1ccc(O)c(CNC(C)CS(C)=O)c1. The van der Waals surface area contributed by atoms with Crippen molar-refractivity contribution in [2.75, 3.05) is 12.0 Å². The lowest BCUT2D eigenvalue weighted by atomic mass is 10.1. The van der Waals surface area contributed by atoms with Crippen LogP contribution in [0, 0.1) is 6.92 Å². The molecule has 90 valence electrons. The van der Waals surface area contributed by atoms with Crippen LogP contribution < -0.4 is 5.32 Å². The molecule has 0 saturated heterocycles. The minimum Gasteiger partial charge on any atom is -0.508 e. The molecule has 0 amide bonds. The Morgan fingerprint density at radius 1 is 1.50 bits per heavy atom. The van der Waals surface area contributed by atoms with Crippen LogP contribution in [0.1, 0.15) is 18.1 Å². The molecule has 0 aliphatic rings. The topological polar surface area (TPSA) is 49.3 Å². The van der Waals surface area contributed by atoms with E-state index >= 15 is 0 Å². The van der Waals surface area contributed by atoms with Gasteiger partial charge in [-0.3, -0.25) is 4.21 Å². The van der Waals surface area contributed by atoms with Crippen LogP contribution in [0.15, 0.2) is 18.2 Å². The summed E-state index contributed by atoms with van der Waals surface area (Å²) in [6, 6.07) is 5.72. The molecular weight excluding hydrogens is 222 g/mol. The fourth-order valence-electron chi connectivity index (χ4n) is 1.55. The third-order valence-corrected chi connectivity index (χ3v) is 3.33. The zero-order chi connectivity index (χ0) is 12.1. The molecule has 2 unspecified atom stereocenters. The first-order chi connectivity index (χ1) is 7.49. The molecule has 0 aliphatic carbocycles. The maximum Gasteiger partial charge on any atom is 0.120 e. The van der Waals surface area contributed by atoms with Crippen molar-refractivity contribution in [1.82, 2.24) is 5.32 Å². The molecule has 0 aromatic heterocycles. The van der Waals surface area contributed by atoms with Crippen LogP contribution in [0.5, 0.6) is 5.75 Å². The van der Waals surface area contributed by atoms with Gasteiger partial charge in [0.25, 0.3) is 0 Å². The number of aryl methyl sites for hydroxylation is 1. The van der Waals surface area contributed by atoms with Gasteiger partial charge in [0.15, 0.2) is 0 Å². The van der Waals surface area contributed by atoms with Crippen molar-refractivity contribution in [1.29, 1.82) is 0 Å². The summed E-state index contributed by atoms with van der Waals surface area (Å²) in [5, 5.41) is 12.9. The monoisotopic (exact) mass is 241 g/mol. The number of rotatable bonds is 5. The summed E-state index contributed by atoms with van der Waals surface area (Å²) < 4.78 is 11.0. The number of benzene rings is 1. The molecule has 2 atom stereocenters. The van der Waals surface area contributed by atoms with Gasteiger partial charge in [-0.2, -0.15) is 0 Å². The number of aromatic hydroxyl groups is 1. The zero-order valence-corrected chi connectivity index (χ0v) is 10.8. The summed E-state index contributed by atoms with van der Waals surface area (Å²) in [4.78, 5) is 0. The summed E-state index contributed by atoms with van der Waals surface area (Å²) in [6.45, 7) is 4.59. The van der Waals surface area contributed by atoms with Gasteiger partial charge in [-0.1, -0.05) is 17.7 Å². The minimum atomic E-state index is -0.788. The van der Waals surface area contributed by atoms with Gasteiger partial charge in [0, 0.05) is 41.0 Å². The van der Waals surface area contributed by atoms with E-state index in [9.17, 15) is 9.32 Å². The largest absolute Gasteiger partial charge is 0.508 e. The number of hydrogen-bond acceptors (Lipinski definition) is 3.